The van der Waals surface area contributed by atoms with Crippen molar-refractivity contribution in [1.82, 2.24) is 4.90 Å². The number of amides is 1. The van der Waals surface area contributed by atoms with Crippen LogP contribution in [0.1, 0.15) is 19.8 Å². The molecule has 3 unspecified atom stereocenters. The van der Waals surface area contributed by atoms with E-state index in [-0.39, 0.29) is 17.9 Å². The van der Waals surface area contributed by atoms with Gasteiger partial charge in [0.2, 0.25) is 5.91 Å². The average Bonchev–Trinajstić information content (AvgIpc) is 2.84. The summed E-state index contributed by atoms with van der Waals surface area (Å²) < 4.78 is 5.43. The molecule has 0 aromatic rings. The van der Waals surface area contributed by atoms with E-state index in [1.54, 1.807) is 0 Å². The third-order valence-electron chi connectivity index (χ3n) is 3.51. The Kier molecular flexibility index (Phi) is 3.52. The monoisotopic (exact) mass is 231 g/mol. The molecule has 0 saturated carbocycles. The summed E-state index contributed by atoms with van der Waals surface area (Å²) in [6.07, 6.45) is 2.02. The minimum atomic E-state index is 0.0825. The standard InChI is InChI=1S/C11H18ClNO2/c1-8-10(3-5-15-8)11(14)13-4-2-9(6-12)7-13/h8-10H,2-7H2,1H3. The van der Waals surface area contributed by atoms with Gasteiger partial charge in [0, 0.05) is 25.6 Å². The second kappa shape index (κ2) is 4.71. The number of alkyl halides is 1. The third-order valence-corrected chi connectivity index (χ3v) is 3.95. The summed E-state index contributed by atoms with van der Waals surface area (Å²) in [5, 5.41) is 0. The number of nitrogens with zero attached hydrogens (tertiary/aromatic N) is 1. The second-order valence-corrected chi connectivity index (χ2v) is 4.87. The molecule has 0 aromatic carbocycles. The molecule has 0 spiro atoms. The van der Waals surface area contributed by atoms with Gasteiger partial charge in [-0.25, -0.2) is 0 Å². The fourth-order valence-corrected chi connectivity index (χ4v) is 2.70. The number of likely N-dealkylation sites (tertiary alicyclic amines) is 1. The van der Waals surface area contributed by atoms with Crippen LogP contribution in [0.5, 0.6) is 0 Å². The zero-order chi connectivity index (χ0) is 10.8. The van der Waals surface area contributed by atoms with Crippen molar-refractivity contribution in [3.05, 3.63) is 0 Å². The number of rotatable bonds is 2. The van der Waals surface area contributed by atoms with Crippen molar-refractivity contribution < 1.29 is 9.53 Å². The van der Waals surface area contributed by atoms with Crippen LogP contribution >= 0.6 is 11.6 Å². The van der Waals surface area contributed by atoms with Crippen LogP contribution < -0.4 is 0 Å². The zero-order valence-corrected chi connectivity index (χ0v) is 9.87. The minimum absolute atomic E-state index is 0.0825. The summed E-state index contributed by atoms with van der Waals surface area (Å²) in [4.78, 5) is 14.1. The van der Waals surface area contributed by atoms with Crippen molar-refractivity contribution in [2.75, 3.05) is 25.6 Å². The summed E-state index contributed by atoms with van der Waals surface area (Å²) in [5.41, 5.74) is 0. The van der Waals surface area contributed by atoms with Crippen molar-refractivity contribution in [2.45, 2.75) is 25.9 Å². The lowest BCUT2D eigenvalue weighted by molar-refractivity contribution is -0.136. The van der Waals surface area contributed by atoms with Crippen LogP contribution in [0, 0.1) is 11.8 Å². The number of carbonyl (C=O) groups is 1. The molecule has 0 aromatic heterocycles. The molecule has 2 aliphatic heterocycles. The predicted octanol–water partition coefficient (Wildman–Crippen LogP) is 1.50. The van der Waals surface area contributed by atoms with Crippen molar-refractivity contribution in [3.63, 3.8) is 0 Å². The first kappa shape index (κ1) is 11.2. The van der Waals surface area contributed by atoms with Crippen LogP contribution in [0.4, 0.5) is 0 Å². The van der Waals surface area contributed by atoms with Gasteiger partial charge >= 0.3 is 0 Å². The Bertz CT molecular complexity index is 247. The number of hydrogen-bond acceptors (Lipinski definition) is 2. The van der Waals surface area contributed by atoms with Gasteiger partial charge in [-0.3, -0.25) is 4.79 Å². The van der Waals surface area contributed by atoms with Crippen molar-refractivity contribution in [2.24, 2.45) is 11.8 Å². The molecule has 2 aliphatic rings. The Morgan fingerprint density at radius 1 is 1.53 bits per heavy atom. The van der Waals surface area contributed by atoms with Crippen molar-refractivity contribution >= 4 is 17.5 Å². The van der Waals surface area contributed by atoms with E-state index in [2.05, 4.69) is 0 Å². The van der Waals surface area contributed by atoms with Crippen LogP contribution in [0.25, 0.3) is 0 Å². The van der Waals surface area contributed by atoms with Crippen molar-refractivity contribution in [3.8, 4) is 0 Å². The van der Waals surface area contributed by atoms with E-state index >= 15 is 0 Å². The van der Waals surface area contributed by atoms with Gasteiger partial charge in [0.25, 0.3) is 0 Å². The highest BCUT2D eigenvalue weighted by molar-refractivity contribution is 6.18. The quantitative estimate of drug-likeness (QED) is 0.675. The van der Waals surface area contributed by atoms with E-state index < -0.39 is 0 Å². The summed E-state index contributed by atoms with van der Waals surface area (Å²) >= 11 is 5.80. The highest BCUT2D eigenvalue weighted by Crippen LogP contribution is 2.26. The predicted molar refractivity (Wildman–Crippen MR) is 58.9 cm³/mol. The molecule has 2 heterocycles. The van der Waals surface area contributed by atoms with Gasteiger partial charge in [-0.1, -0.05) is 0 Å². The number of ether oxygens (including phenoxy) is 1. The average molecular weight is 232 g/mol. The van der Waals surface area contributed by atoms with Crippen LogP contribution in [-0.4, -0.2) is 42.5 Å². The topological polar surface area (TPSA) is 29.5 Å². The van der Waals surface area contributed by atoms with E-state index in [0.717, 1.165) is 32.5 Å². The molecule has 0 radical (unpaired) electrons. The SMILES string of the molecule is CC1OCCC1C(=O)N1CCC(CCl)C1. The minimum Gasteiger partial charge on any atom is -0.378 e. The Morgan fingerprint density at radius 3 is 2.87 bits per heavy atom. The molecule has 3 atom stereocenters. The van der Waals surface area contributed by atoms with Gasteiger partial charge in [-0.05, 0) is 25.7 Å². The summed E-state index contributed by atoms with van der Waals surface area (Å²) in [6.45, 7) is 4.43. The van der Waals surface area contributed by atoms with Gasteiger partial charge in [0.15, 0.2) is 0 Å². The number of carbonyl (C=O) groups excluding carboxylic acids is 1. The lowest BCUT2D eigenvalue weighted by atomic mass is 10.0. The first-order chi connectivity index (χ1) is 7.22. The Labute approximate surface area is 95.7 Å². The number of halogens is 1. The van der Waals surface area contributed by atoms with E-state index in [0.29, 0.717) is 11.8 Å². The number of hydrogen-bond donors (Lipinski definition) is 0. The lowest BCUT2D eigenvalue weighted by Gasteiger charge is -2.22. The van der Waals surface area contributed by atoms with Crippen molar-refractivity contribution in [1.29, 1.82) is 0 Å². The molecular weight excluding hydrogens is 214 g/mol. The Hall–Kier alpha value is -0.280. The van der Waals surface area contributed by atoms with Gasteiger partial charge < -0.3 is 9.64 Å². The third kappa shape index (κ3) is 2.28. The molecule has 0 N–H and O–H groups in total. The molecule has 4 heteroatoms. The Balaban J connectivity index is 1.91. The highest BCUT2D eigenvalue weighted by Gasteiger charge is 2.36. The largest absolute Gasteiger partial charge is 0.378 e. The molecular formula is C11H18ClNO2. The fourth-order valence-electron chi connectivity index (χ4n) is 2.45. The zero-order valence-electron chi connectivity index (χ0n) is 9.12. The van der Waals surface area contributed by atoms with Gasteiger partial charge in [0.05, 0.1) is 12.0 Å². The summed E-state index contributed by atoms with van der Waals surface area (Å²) in [5.74, 6) is 1.51. The summed E-state index contributed by atoms with van der Waals surface area (Å²) in [7, 11) is 0. The van der Waals surface area contributed by atoms with E-state index in [1.807, 2.05) is 11.8 Å². The van der Waals surface area contributed by atoms with Gasteiger partial charge in [0.1, 0.15) is 0 Å². The van der Waals surface area contributed by atoms with Gasteiger partial charge in [-0.15, -0.1) is 11.6 Å². The molecule has 2 fully saturated rings. The van der Waals surface area contributed by atoms with E-state index in [4.69, 9.17) is 16.3 Å². The smallest absolute Gasteiger partial charge is 0.228 e. The molecule has 0 aliphatic carbocycles. The molecule has 0 bridgehead atoms. The summed E-state index contributed by atoms with van der Waals surface area (Å²) in [6, 6.07) is 0. The van der Waals surface area contributed by atoms with Crippen LogP contribution in [-0.2, 0) is 9.53 Å². The first-order valence-electron chi connectivity index (χ1n) is 5.68. The molecule has 2 saturated heterocycles. The van der Waals surface area contributed by atoms with E-state index in [1.165, 1.54) is 0 Å². The normalized spacial score (nSPS) is 36.1. The van der Waals surface area contributed by atoms with Crippen LogP contribution in [0.2, 0.25) is 0 Å². The fraction of sp³-hybridized carbons (Fsp3) is 0.909. The first-order valence-corrected chi connectivity index (χ1v) is 6.22. The second-order valence-electron chi connectivity index (χ2n) is 4.56. The molecule has 15 heavy (non-hydrogen) atoms. The molecule has 86 valence electrons. The molecule has 3 nitrogen and oxygen atoms in total. The van der Waals surface area contributed by atoms with Gasteiger partial charge in [-0.2, -0.15) is 0 Å². The highest BCUT2D eigenvalue weighted by atomic mass is 35.5. The maximum Gasteiger partial charge on any atom is 0.228 e. The maximum atomic E-state index is 12.1. The van der Waals surface area contributed by atoms with Crippen LogP contribution in [0.3, 0.4) is 0 Å². The van der Waals surface area contributed by atoms with Crippen LogP contribution in [0.15, 0.2) is 0 Å². The maximum absolute atomic E-state index is 12.1. The Morgan fingerprint density at radius 2 is 2.33 bits per heavy atom. The van der Waals surface area contributed by atoms with E-state index in [9.17, 15) is 4.79 Å². The molecule has 2 rings (SSSR count). The molecule has 1 amide bonds. The lowest BCUT2D eigenvalue weighted by Crippen LogP contribution is -2.37.